The van der Waals surface area contributed by atoms with Gasteiger partial charge in [0.25, 0.3) is 0 Å². The molecule has 0 radical (unpaired) electrons. The number of aliphatic hydroxyl groups excluding tert-OH is 1. The minimum Gasteiger partial charge on any atom is -0.462 e. The predicted molar refractivity (Wildman–Crippen MR) is 460 cm³/mol. The number of phosphoric acid groups is 2. The summed E-state index contributed by atoms with van der Waals surface area (Å²) in [6, 6.07) is 0. The van der Waals surface area contributed by atoms with Gasteiger partial charge in [-0.2, -0.15) is 0 Å². The van der Waals surface area contributed by atoms with Crippen molar-refractivity contribution in [1.82, 2.24) is 0 Å². The van der Waals surface area contributed by atoms with E-state index in [1.54, 1.807) is 0 Å². The van der Waals surface area contributed by atoms with E-state index in [9.17, 15) is 43.2 Å². The number of aliphatic hydroxyl groups is 1. The van der Waals surface area contributed by atoms with Gasteiger partial charge in [0.15, 0.2) is 12.2 Å². The Morgan fingerprint density at radius 3 is 0.640 bits per heavy atom. The maximum atomic E-state index is 13.2. The standard InChI is InChI=1S/C92H180O17P2/c1-9-85(8)71-63-55-47-39-31-25-19-12-10-11-13-21-27-33-41-50-58-66-74-91(96)108-87(78-102-89(94)72-64-56-48-40-32-26-20-15-14-17-23-29-36-44-52-60-68-82(2)3)80-106-110(98,99)104-76-86(93)77-105-111(100,101)107-81-88(79-103-90(95)73-65-57-49-43-35-38-46-54-62-70-84(6)7)109-92(97)75-67-59-51-42-34-28-22-16-18-24-30-37-45-53-61-69-83(4)5/h82-88,93H,9-81H2,1-8H3,(H,98,99)(H,100,101)/t85?,86-,87-,88-/m1/s1. The Labute approximate surface area is 683 Å². The summed E-state index contributed by atoms with van der Waals surface area (Å²) in [4.78, 5) is 73.5. The lowest BCUT2D eigenvalue weighted by molar-refractivity contribution is -0.161. The lowest BCUT2D eigenvalue weighted by Crippen LogP contribution is -2.30. The molecule has 3 unspecified atom stereocenters. The quantitative estimate of drug-likeness (QED) is 0.0222. The molecule has 0 saturated heterocycles. The van der Waals surface area contributed by atoms with Crippen molar-refractivity contribution in [3.63, 3.8) is 0 Å². The molecule has 19 heteroatoms. The SMILES string of the molecule is CCC(C)CCCCCCCCCCCCCCCCCCCCC(=O)O[C@H](COC(=O)CCCCCCCCCCCCCCCCCCC(C)C)COP(=O)(O)OC[C@@H](O)COP(=O)(O)OC[C@@H](COC(=O)CCCCCCCCCCCC(C)C)OC(=O)CCCCCCCCCCCCCCCCCC(C)C. The van der Waals surface area contributed by atoms with E-state index in [4.69, 9.17) is 37.0 Å². The topological polar surface area (TPSA) is 237 Å². The third-order valence-corrected chi connectivity index (χ3v) is 23.8. The Balaban J connectivity index is 5.25. The van der Waals surface area contributed by atoms with E-state index in [1.807, 2.05) is 0 Å². The van der Waals surface area contributed by atoms with Gasteiger partial charge in [-0.05, 0) is 49.4 Å². The average Bonchev–Trinajstić information content (AvgIpc) is 0.899. The molecule has 660 valence electrons. The highest BCUT2D eigenvalue weighted by Gasteiger charge is 2.31. The van der Waals surface area contributed by atoms with E-state index in [1.165, 1.54) is 289 Å². The van der Waals surface area contributed by atoms with Gasteiger partial charge in [0.2, 0.25) is 0 Å². The molecule has 0 rings (SSSR count). The first kappa shape index (κ1) is 109. The maximum Gasteiger partial charge on any atom is 0.472 e. The number of rotatable bonds is 89. The summed E-state index contributed by atoms with van der Waals surface area (Å²) in [5, 5.41) is 10.7. The van der Waals surface area contributed by atoms with Crippen molar-refractivity contribution in [3.05, 3.63) is 0 Å². The van der Waals surface area contributed by atoms with Crippen LogP contribution in [0.3, 0.4) is 0 Å². The third-order valence-electron chi connectivity index (χ3n) is 21.9. The molecule has 0 aromatic heterocycles. The smallest absolute Gasteiger partial charge is 0.462 e. The fraction of sp³-hybridized carbons (Fsp3) is 0.957. The number of unbranched alkanes of at least 4 members (excludes halogenated alkanes) is 54. The van der Waals surface area contributed by atoms with Gasteiger partial charge in [-0.3, -0.25) is 37.3 Å². The minimum absolute atomic E-state index is 0.107. The van der Waals surface area contributed by atoms with Crippen LogP contribution in [0, 0.1) is 23.7 Å². The molecule has 0 aliphatic heterocycles. The molecule has 0 fully saturated rings. The van der Waals surface area contributed by atoms with Crippen molar-refractivity contribution in [2.45, 2.75) is 504 Å². The van der Waals surface area contributed by atoms with Crippen LogP contribution >= 0.6 is 15.6 Å². The van der Waals surface area contributed by atoms with Crippen LogP contribution in [0.25, 0.3) is 0 Å². The first-order chi connectivity index (χ1) is 53.6. The first-order valence-electron chi connectivity index (χ1n) is 47.2. The zero-order chi connectivity index (χ0) is 81.6. The van der Waals surface area contributed by atoms with Crippen molar-refractivity contribution in [3.8, 4) is 0 Å². The molecule has 3 N–H and O–H groups in total. The molecular weight excluding hydrogens is 1440 g/mol. The zero-order valence-electron chi connectivity index (χ0n) is 73.6. The Kier molecular flexibility index (Phi) is 79.1. The molecule has 17 nitrogen and oxygen atoms in total. The number of esters is 4. The average molecular weight is 1620 g/mol. The van der Waals surface area contributed by atoms with Gasteiger partial charge in [-0.1, -0.05) is 434 Å². The molecule has 0 saturated carbocycles. The largest absolute Gasteiger partial charge is 0.472 e. The zero-order valence-corrected chi connectivity index (χ0v) is 75.4. The highest BCUT2D eigenvalue weighted by atomic mass is 31.2. The molecule has 0 spiro atoms. The highest BCUT2D eigenvalue weighted by molar-refractivity contribution is 7.47. The number of carbonyl (C=O) groups is 4. The molecule has 0 aliphatic rings. The van der Waals surface area contributed by atoms with Crippen LogP contribution in [-0.2, 0) is 65.4 Å². The van der Waals surface area contributed by atoms with Gasteiger partial charge in [-0.25, -0.2) is 9.13 Å². The Morgan fingerprint density at radius 2 is 0.432 bits per heavy atom. The normalized spacial score (nSPS) is 14.1. The van der Waals surface area contributed by atoms with Crippen LogP contribution in [0.5, 0.6) is 0 Å². The Hall–Kier alpha value is -1.94. The highest BCUT2D eigenvalue weighted by Crippen LogP contribution is 2.45. The second kappa shape index (κ2) is 80.5. The number of hydrogen-bond donors (Lipinski definition) is 3. The van der Waals surface area contributed by atoms with Gasteiger partial charge in [0, 0.05) is 25.7 Å². The Morgan fingerprint density at radius 1 is 0.252 bits per heavy atom. The van der Waals surface area contributed by atoms with Crippen molar-refractivity contribution >= 4 is 39.5 Å². The molecule has 6 atom stereocenters. The van der Waals surface area contributed by atoms with Gasteiger partial charge in [-0.15, -0.1) is 0 Å². The molecule has 0 amide bonds. The van der Waals surface area contributed by atoms with Crippen LogP contribution in [0.2, 0.25) is 0 Å². The van der Waals surface area contributed by atoms with Crippen LogP contribution < -0.4 is 0 Å². The fourth-order valence-electron chi connectivity index (χ4n) is 14.3. The van der Waals surface area contributed by atoms with Crippen molar-refractivity contribution in [2.24, 2.45) is 23.7 Å². The first-order valence-corrected chi connectivity index (χ1v) is 50.2. The number of phosphoric ester groups is 2. The monoisotopic (exact) mass is 1620 g/mol. The summed E-state index contributed by atoms with van der Waals surface area (Å²) in [5.74, 6) is 1.13. The predicted octanol–water partition coefficient (Wildman–Crippen LogP) is 28.3. The summed E-state index contributed by atoms with van der Waals surface area (Å²) in [6.07, 6.45) is 72.2. The minimum atomic E-state index is -4.97. The lowest BCUT2D eigenvalue weighted by Gasteiger charge is -2.21. The molecule has 0 bridgehead atoms. The third kappa shape index (κ3) is 84.3. The van der Waals surface area contributed by atoms with Gasteiger partial charge in [0.1, 0.15) is 19.3 Å². The van der Waals surface area contributed by atoms with Crippen LogP contribution in [0.1, 0.15) is 486 Å². The number of hydrogen-bond acceptors (Lipinski definition) is 15. The van der Waals surface area contributed by atoms with Crippen molar-refractivity contribution < 1.29 is 80.2 Å². The summed E-state index contributed by atoms with van der Waals surface area (Å²) in [5.41, 5.74) is 0. The molecule has 111 heavy (non-hydrogen) atoms. The number of ether oxygens (including phenoxy) is 4. The van der Waals surface area contributed by atoms with E-state index in [0.717, 1.165) is 114 Å². The molecule has 0 heterocycles. The molecule has 0 aromatic carbocycles. The summed E-state index contributed by atoms with van der Waals surface area (Å²) in [7, 11) is -9.94. The number of carbonyl (C=O) groups excluding carboxylic acids is 4. The molecule has 0 aliphatic carbocycles. The van der Waals surface area contributed by atoms with Crippen molar-refractivity contribution in [2.75, 3.05) is 39.6 Å². The van der Waals surface area contributed by atoms with Crippen LogP contribution in [-0.4, -0.2) is 96.7 Å². The van der Waals surface area contributed by atoms with Crippen LogP contribution in [0.15, 0.2) is 0 Å². The van der Waals surface area contributed by atoms with Gasteiger partial charge >= 0.3 is 39.5 Å². The van der Waals surface area contributed by atoms with Crippen LogP contribution in [0.4, 0.5) is 0 Å². The fourth-order valence-corrected chi connectivity index (χ4v) is 15.9. The van der Waals surface area contributed by atoms with E-state index >= 15 is 0 Å². The molecular formula is C92H180O17P2. The summed E-state index contributed by atoms with van der Waals surface area (Å²) in [6.45, 7) is 14.4. The maximum absolute atomic E-state index is 13.2. The van der Waals surface area contributed by atoms with E-state index in [2.05, 4.69) is 55.4 Å². The van der Waals surface area contributed by atoms with Gasteiger partial charge in [0.05, 0.1) is 26.4 Å². The van der Waals surface area contributed by atoms with E-state index in [0.29, 0.717) is 25.7 Å². The summed E-state index contributed by atoms with van der Waals surface area (Å²) >= 11 is 0. The second-order valence-electron chi connectivity index (χ2n) is 34.7. The van der Waals surface area contributed by atoms with E-state index in [-0.39, 0.29) is 25.7 Å². The summed E-state index contributed by atoms with van der Waals surface area (Å²) < 4.78 is 69.1. The second-order valence-corrected chi connectivity index (χ2v) is 37.6. The Bertz CT molecular complexity index is 2150. The van der Waals surface area contributed by atoms with Gasteiger partial charge < -0.3 is 33.8 Å². The van der Waals surface area contributed by atoms with E-state index < -0.39 is 97.5 Å². The lowest BCUT2D eigenvalue weighted by atomic mass is 9.99. The van der Waals surface area contributed by atoms with Crippen molar-refractivity contribution in [1.29, 1.82) is 0 Å². The molecule has 0 aromatic rings.